The zero-order chi connectivity index (χ0) is 9.42. The summed E-state index contributed by atoms with van der Waals surface area (Å²) in [6.45, 7) is 0. The molecule has 13 heavy (non-hydrogen) atoms. The van der Waals surface area contributed by atoms with E-state index in [1.165, 1.54) is 6.07 Å². The van der Waals surface area contributed by atoms with Gasteiger partial charge in [0.05, 0.1) is 0 Å². The van der Waals surface area contributed by atoms with E-state index in [0.717, 1.165) is 25.0 Å². The van der Waals surface area contributed by atoms with E-state index in [2.05, 4.69) is 0 Å². The molecule has 0 saturated heterocycles. The van der Waals surface area contributed by atoms with Gasteiger partial charge in [0.15, 0.2) is 0 Å². The van der Waals surface area contributed by atoms with Gasteiger partial charge in [-0.2, -0.15) is 0 Å². The molecule has 0 aromatic heterocycles. The van der Waals surface area contributed by atoms with Crippen LogP contribution in [0.25, 0.3) is 0 Å². The monoisotopic (exact) mass is 183 g/mol. The van der Waals surface area contributed by atoms with Gasteiger partial charge in [-0.25, -0.2) is 8.78 Å². The van der Waals surface area contributed by atoms with E-state index in [0.29, 0.717) is 5.56 Å². The molecule has 1 saturated carbocycles. The van der Waals surface area contributed by atoms with E-state index in [1.54, 1.807) is 0 Å². The summed E-state index contributed by atoms with van der Waals surface area (Å²) in [6.07, 6.45) is 1.77. The van der Waals surface area contributed by atoms with Crippen LogP contribution in [0.5, 0.6) is 0 Å². The van der Waals surface area contributed by atoms with E-state index < -0.39 is 5.82 Å². The molecule has 2 unspecified atom stereocenters. The number of rotatable bonds is 1. The van der Waals surface area contributed by atoms with Crippen LogP contribution in [-0.4, -0.2) is 6.04 Å². The topological polar surface area (TPSA) is 26.0 Å². The Bertz CT molecular complexity index is 325. The molecule has 0 heterocycles. The summed E-state index contributed by atoms with van der Waals surface area (Å²) in [5.74, 6) is -0.729. The fourth-order valence-corrected chi connectivity index (χ4v) is 1.71. The SMILES string of the molecule is NC1CCC1c1cc(F)ccc1F. The Balaban J connectivity index is 2.33. The molecule has 1 aliphatic carbocycles. The Hall–Kier alpha value is -0.960. The van der Waals surface area contributed by atoms with Gasteiger partial charge in [-0.1, -0.05) is 0 Å². The Morgan fingerprint density at radius 2 is 2.00 bits per heavy atom. The molecule has 0 spiro atoms. The predicted molar refractivity (Wildman–Crippen MR) is 46.3 cm³/mol. The van der Waals surface area contributed by atoms with Crippen molar-refractivity contribution in [1.82, 2.24) is 0 Å². The van der Waals surface area contributed by atoms with Crippen LogP contribution in [-0.2, 0) is 0 Å². The normalized spacial score (nSPS) is 27.0. The Labute approximate surface area is 75.6 Å². The fraction of sp³-hybridized carbons (Fsp3) is 0.400. The van der Waals surface area contributed by atoms with Crippen molar-refractivity contribution in [2.75, 3.05) is 0 Å². The Morgan fingerprint density at radius 3 is 2.54 bits per heavy atom. The number of halogens is 2. The molecule has 1 nitrogen and oxygen atoms in total. The minimum Gasteiger partial charge on any atom is -0.327 e. The highest BCUT2D eigenvalue weighted by Gasteiger charge is 2.30. The van der Waals surface area contributed by atoms with E-state index in [-0.39, 0.29) is 17.8 Å². The van der Waals surface area contributed by atoms with Crippen molar-refractivity contribution in [3.63, 3.8) is 0 Å². The first-order chi connectivity index (χ1) is 6.18. The van der Waals surface area contributed by atoms with Crippen molar-refractivity contribution >= 4 is 0 Å². The number of nitrogens with two attached hydrogens (primary N) is 1. The molecule has 2 atom stereocenters. The van der Waals surface area contributed by atoms with Gasteiger partial charge >= 0.3 is 0 Å². The summed E-state index contributed by atoms with van der Waals surface area (Å²) in [4.78, 5) is 0. The average molecular weight is 183 g/mol. The van der Waals surface area contributed by atoms with Crippen molar-refractivity contribution in [3.8, 4) is 0 Å². The van der Waals surface area contributed by atoms with Crippen molar-refractivity contribution in [2.24, 2.45) is 5.73 Å². The van der Waals surface area contributed by atoms with Crippen LogP contribution in [0.1, 0.15) is 24.3 Å². The summed E-state index contributed by atoms with van der Waals surface area (Å²) in [5, 5.41) is 0. The van der Waals surface area contributed by atoms with Crippen molar-refractivity contribution in [2.45, 2.75) is 24.8 Å². The molecule has 1 aliphatic rings. The molecular weight excluding hydrogens is 172 g/mol. The number of hydrogen-bond acceptors (Lipinski definition) is 1. The van der Waals surface area contributed by atoms with Gasteiger partial charge in [0.25, 0.3) is 0 Å². The van der Waals surface area contributed by atoms with Crippen LogP contribution in [0.2, 0.25) is 0 Å². The maximum absolute atomic E-state index is 13.2. The van der Waals surface area contributed by atoms with Gasteiger partial charge < -0.3 is 5.73 Å². The molecule has 1 aromatic rings. The highest BCUT2D eigenvalue weighted by molar-refractivity contribution is 5.26. The lowest BCUT2D eigenvalue weighted by Gasteiger charge is -2.34. The molecule has 0 amide bonds. The molecule has 70 valence electrons. The molecule has 0 aliphatic heterocycles. The highest BCUT2D eigenvalue weighted by Crippen LogP contribution is 2.36. The van der Waals surface area contributed by atoms with Crippen LogP contribution in [0, 0.1) is 11.6 Å². The average Bonchev–Trinajstić information content (AvgIpc) is 2.09. The van der Waals surface area contributed by atoms with Crippen molar-refractivity contribution < 1.29 is 8.78 Å². The number of hydrogen-bond donors (Lipinski definition) is 1. The zero-order valence-corrected chi connectivity index (χ0v) is 7.13. The maximum atomic E-state index is 13.2. The third kappa shape index (κ3) is 1.44. The first kappa shape index (κ1) is 8.63. The second kappa shape index (κ2) is 3.07. The third-order valence-corrected chi connectivity index (χ3v) is 2.69. The molecule has 3 heteroatoms. The minimum atomic E-state index is -0.393. The van der Waals surface area contributed by atoms with E-state index >= 15 is 0 Å². The van der Waals surface area contributed by atoms with Crippen LogP contribution in [0.3, 0.4) is 0 Å². The minimum absolute atomic E-state index is 0.00343. The molecule has 2 rings (SSSR count). The van der Waals surface area contributed by atoms with Crippen LogP contribution >= 0.6 is 0 Å². The van der Waals surface area contributed by atoms with Crippen molar-refractivity contribution in [3.05, 3.63) is 35.4 Å². The second-order valence-electron chi connectivity index (χ2n) is 3.51. The Kier molecular flexibility index (Phi) is 2.04. The maximum Gasteiger partial charge on any atom is 0.126 e. The summed E-state index contributed by atoms with van der Waals surface area (Å²) in [5.41, 5.74) is 6.11. The summed E-state index contributed by atoms with van der Waals surface area (Å²) >= 11 is 0. The lowest BCUT2D eigenvalue weighted by Crippen LogP contribution is -2.37. The standard InChI is InChI=1S/C10H11F2N/c11-6-1-3-9(12)8(5-6)7-2-4-10(7)13/h1,3,5,7,10H,2,4,13H2. The Morgan fingerprint density at radius 1 is 1.23 bits per heavy atom. The van der Waals surface area contributed by atoms with Crippen LogP contribution < -0.4 is 5.73 Å². The van der Waals surface area contributed by atoms with Gasteiger partial charge in [0.1, 0.15) is 11.6 Å². The third-order valence-electron chi connectivity index (χ3n) is 2.69. The number of benzene rings is 1. The second-order valence-corrected chi connectivity index (χ2v) is 3.51. The molecule has 1 aromatic carbocycles. The van der Waals surface area contributed by atoms with E-state index in [1.807, 2.05) is 0 Å². The van der Waals surface area contributed by atoms with Crippen molar-refractivity contribution in [1.29, 1.82) is 0 Å². The van der Waals surface area contributed by atoms with Crippen LogP contribution in [0.4, 0.5) is 8.78 Å². The van der Waals surface area contributed by atoms with E-state index in [4.69, 9.17) is 5.73 Å². The quantitative estimate of drug-likeness (QED) is 0.709. The van der Waals surface area contributed by atoms with Gasteiger partial charge in [-0.05, 0) is 36.6 Å². The first-order valence-electron chi connectivity index (χ1n) is 4.39. The van der Waals surface area contributed by atoms with E-state index in [9.17, 15) is 8.78 Å². The summed E-state index contributed by atoms with van der Waals surface area (Å²) in [6, 6.07) is 3.54. The predicted octanol–water partition coefficient (Wildman–Crippen LogP) is 2.17. The molecule has 1 fully saturated rings. The van der Waals surface area contributed by atoms with Crippen LogP contribution in [0.15, 0.2) is 18.2 Å². The first-order valence-corrected chi connectivity index (χ1v) is 4.39. The molecule has 2 N–H and O–H groups in total. The lowest BCUT2D eigenvalue weighted by atomic mass is 9.75. The summed E-state index contributed by atoms with van der Waals surface area (Å²) < 4.78 is 26.0. The fourth-order valence-electron chi connectivity index (χ4n) is 1.71. The zero-order valence-electron chi connectivity index (χ0n) is 7.13. The molecule has 0 radical (unpaired) electrons. The van der Waals surface area contributed by atoms with Gasteiger partial charge in [-0.3, -0.25) is 0 Å². The van der Waals surface area contributed by atoms with Gasteiger partial charge in [0, 0.05) is 12.0 Å². The smallest absolute Gasteiger partial charge is 0.126 e. The molecular formula is C10H11F2N. The highest BCUT2D eigenvalue weighted by atomic mass is 19.1. The van der Waals surface area contributed by atoms with Gasteiger partial charge in [0.2, 0.25) is 0 Å². The largest absolute Gasteiger partial charge is 0.327 e. The summed E-state index contributed by atoms with van der Waals surface area (Å²) in [7, 11) is 0. The molecule has 0 bridgehead atoms. The van der Waals surface area contributed by atoms with Gasteiger partial charge in [-0.15, -0.1) is 0 Å². The lowest BCUT2D eigenvalue weighted by molar-refractivity contribution is 0.336.